The maximum atomic E-state index is 4.65. The van der Waals surface area contributed by atoms with E-state index in [-0.39, 0.29) is 0 Å². The first kappa shape index (κ1) is 28.7. The van der Waals surface area contributed by atoms with Crippen LogP contribution in [-0.4, -0.2) is 0 Å². The topological polar surface area (TPSA) is 0 Å². The summed E-state index contributed by atoms with van der Waals surface area (Å²) < 4.78 is 0. The van der Waals surface area contributed by atoms with Crippen molar-refractivity contribution in [1.82, 2.24) is 0 Å². The molecular weight excluding hydrogens is 396 g/mol. The lowest BCUT2D eigenvalue weighted by atomic mass is 9.58. The Kier molecular flexibility index (Phi) is 12.9. The first-order valence-electron chi connectivity index (χ1n) is 15.1. The zero-order valence-corrected chi connectivity index (χ0v) is 23.6. The number of fused-ring (bicyclic) bond motifs is 1. The average Bonchev–Trinajstić information content (AvgIpc) is 2.77. The van der Waals surface area contributed by atoms with Gasteiger partial charge in [-0.2, -0.15) is 0 Å². The minimum absolute atomic E-state index is 0.650. The molecule has 2 rings (SSSR count). The van der Waals surface area contributed by atoms with Gasteiger partial charge in [0.1, 0.15) is 0 Å². The van der Waals surface area contributed by atoms with E-state index in [9.17, 15) is 0 Å². The summed E-state index contributed by atoms with van der Waals surface area (Å²) >= 11 is 0. The van der Waals surface area contributed by atoms with Crippen LogP contribution in [0.15, 0.2) is 24.3 Å². The van der Waals surface area contributed by atoms with E-state index in [4.69, 9.17) is 0 Å². The van der Waals surface area contributed by atoms with Crippen LogP contribution in [-0.2, 0) is 0 Å². The van der Waals surface area contributed by atoms with E-state index in [0.29, 0.717) is 11.8 Å². The molecule has 7 unspecified atom stereocenters. The Morgan fingerprint density at radius 3 is 1.55 bits per heavy atom. The van der Waals surface area contributed by atoms with Gasteiger partial charge in [0.25, 0.3) is 0 Å². The lowest BCUT2D eigenvalue weighted by molar-refractivity contribution is 0.204. The Labute approximate surface area is 209 Å². The van der Waals surface area contributed by atoms with Gasteiger partial charge in [-0.15, -0.1) is 0 Å². The molecule has 0 heterocycles. The zero-order valence-electron chi connectivity index (χ0n) is 23.6. The molecule has 192 valence electrons. The fraction of sp³-hybridized carbons (Fsp3) is 0.879. The first-order chi connectivity index (χ1) is 15.7. The van der Waals surface area contributed by atoms with Crippen molar-refractivity contribution >= 4 is 0 Å². The molecular formula is C33H60. The molecule has 0 spiro atoms. The van der Waals surface area contributed by atoms with Crippen LogP contribution in [0.4, 0.5) is 0 Å². The molecule has 2 saturated carbocycles. The summed E-state index contributed by atoms with van der Waals surface area (Å²) in [4.78, 5) is 0. The molecule has 0 amide bonds. The number of hydrogen-bond acceptors (Lipinski definition) is 0. The van der Waals surface area contributed by atoms with Gasteiger partial charge in [0.05, 0.1) is 0 Å². The molecule has 7 atom stereocenters. The third-order valence-electron chi connectivity index (χ3n) is 9.62. The van der Waals surface area contributed by atoms with E-state index in [1.165, 1.54) is 96.3 Å². The minimum Gasteiger partial charge on any atom is -0.0993 e. The molecule has 0 saturated heterocycles. The highest BCUT2D eigenvalue weighted by Gasteiger charge is 2.40. The van der Waals surface area contributed by atoms with Crippen LogP contribution in [0.25, 0.3) is 0 Å². The molecule has 0 aromatic carbocycles. The second kappa shape index (κ2) is 14.8. The molecule has 0 N–H and O–H groups in total. The number of allylic oxidation sites excluding steroid dienone is 2. The molecule has 2 fully saturated rings. The Morgan fingerprint density at radius 2 is 1.06 bits per heavy atom. The summed E-state index contributed by atoms with van der Waals surface area (Å²) in [6.07, 6.45) is 21.1. The Morgan fingerprint density at radius 1 is 0.636 bits per heavy atom. The second-order valence-electron chi connectivity index (χ2n) is 13.1. The predicted molar refractivity (Wildman–Crippen MR) is 149 cm³/mol. The van der Waals surface area contributed by atoms with Crippen LogP contribution in [0.2, 0.25) is 0 Å². The molecule has 0 radical (unpaired) electrons. The van der Waals surface area contributed by atoms with E-state index in [1.54, 1.807) is 11.1 Å². The Hall–Kier alpha value is -0.520. The normalized spacial score (nSPS) is 28.6. The van der Waals surface area contributed by atoms with Crippen LogP contribution >= 0.6 is 0 Å². The standard InChI is InChI=1S/C33H60/c1-24(2)14-11-15-25(3)16-12-17-26(4)18-13-19-27(5)22-23-31-28(6)29(7)32-20-9-10-21-33(32)30(31)8/h24-28,31-33H,7-23H2,1-6H3. The van der Waals surface area contributed by atoms with Crippen molar-refractivity contribution in [1.29, 1.82) is 0 Å². The van der Waals surface area contributed by atoms with Crippen LogP contribution in [0, 0.1) is 47.3 Å². The number of rotatable bonds is 15. The summed E-state index contributed by atoms with van der Waals surface area (Å²) in [5.74, 6) is 6.40. The highest BCUT2D eigenvalue weighted by atomic mass is 14.5. The molecule has 0 bridgehead atoms. The van der Waals surface area contributed by atoms with Crippen molar-refractivity contribution in [2.45, 2.75) is 138 Å². The van der Waals surface area contributed by atoms with Gasteiger partial charge >= 0.3 is 0 Å². The monoisotopic (exact) mass is 456 g/mol. The quantitative estimate of drug-likeness (QED) is 0.215. The molecule has 2 aliphatic rings. The fourth-order valence-corrected chi connectivity index (χ4v) is 7.05. The third-order valence-corrected chi connectivity index (χ3v) is 9.62. The molecule has 2 aliphatic carbocycles. The summed E-state index contributed by atoms with van der Waals surface area (Å²) in [5, 5.41) is 0. The van der Waals surface area contributed by atoms with Crippen LogP contribution in [0.3, 0.4) is 0 Å². The SMILES string of the molecule is C=C1C(C)C(CCC(C)CCCC(C)CCCC(C)CCCC(C)C)C(=C)C2CCCCC12. The lowest BCUT2D eigenvalue weighted by Gasteiger charge is -2.46. The van der Waals surface area contributed by atoms with Gasteiger partial charge in [-0.25, -0.2) is 0 Å². The van der Waals surface area contributed by atoms with Gasteiger partial charge in [0, 0.05) is 0 Å². The van der Waals surface area contributed by atoms with Crippen LogP contribution in [0.1, 0.15) is 138 Å². The molecule has 0 aromatic heterocycles. The molecule has 33 heavy (non-hydrogen) atoms. The van der Waals surface area contributed by atoms with Crippen molar-refractivity contribution in [3.05, 3.63) is 24.3 Å². The van der Waals surface area contributed by atoms with Gasteiger partial charge in [-0.1, -0.05) is 143 Å². The maximum Gasteiger partial charge on any atom is -0.0137 e. The van der Waals surface area contributed by atoms with Crippen molar-refractivity contribution in [3.63, 3.8) is 0 Å². The first-order valence-corrected chi connectivity index (χ1v) is 15.1. The van der Waals surface area contributed by atoms with E-state index >= 15 is 0 Å². The van der Waals surface area contributed by atoms with Gasteiger partial charge in [-0.3, -0.25) is 0 Å². The summed E-state index contributed by atoms with van der Waals surface area (Å²) in [6, 6.07) is 0. The van der Waals surface area contributed by atoms with E-state index in [1.807, 2.05) is 0 Å². The largest absolute Gasteiger partial charge is 0.0993 e. The van der Waals surface area contributed by atoms with Crippen molar-refractivity contribution < 1.29 is 0 Å². The zero-order chi connectivity index (χ0) is 24.4. The Balaban J connectivity index is 1.59. The predicted octanol–water partition coefficient (Wildman–Crippen LogP) is 11.0. The summed E-state index contributed by atoms with van der Waals surface area (Å²) in [6.45, 7) is 23.8. The van der Waals surface area contributed by atoms with Gasteiger partial charge in [0.2, 0.25) is 0 Å². The smallest absolute Gasteiger partial charge is 0.0137 e. The minimum atomic E-state index is 0.650. The maximum absolute atomic E-state index is 4.65. The van der Waals surface area contributed by atoms with Crippen LogP contribution < -0.4 is 0 Å². The molecule has 0 heteroatoms. The fourth-order valence-electron chi connectivity index (χ4n) is 7.05. The van der Waals surface area contributed by atoms with Gasteiger partial charge < -0.3 is 0 Å². The molecule has 0 aliphatic heterocycles. The van der Waals surface area contributed by atoms with E-state index in [0.717, 1.165) is 35.5 Å². The molecule has 0 aromatic rings. The lowest BCUT2D eigenvalue weighted by Crippen LogP contribution is -2.36. The van der Waals surface area contributed by atoms with E-state index in [2.05, 4.69) is 54.7 Å². The van der Waals surface area contributed by atoms with Crippen LogP contribution in [0.5, 0.6) is 0 Å². The highest BCUT2D eigenvalue weighted by Crippen LogP contribution is 2.51. The summed E-state index contributed by atoms with van der Waals surface area (Å²) in [7, 11) is 0. The average molecular weight is 457 g/mol. The second-order valence-corrected chi connectivity index (χ2v) is 13.1. The van der Waals surface area contributed by atoms with Gasteiger partial charge in [-0.05, 0) is 66.6 Å². The molecule has 0 nitrogen and oxygen atoms in total. The van der Waals surface area contributed by atoms with Gasteiger partial charge in [0.15, 0.2) is 0 Å². The van der Waals surface area contributed by atoms with Crippen molar-refractivity contribution in [2.24, 2.45) is 47.3 Å². The van der Waals surface area contributed by atoms with Crippen molar-refractivity contribution in [2.75, 3.05) is 0 Å². The third kappa shape index (κ3) is 9.57. The summed E-state index contributed by atoms with van der Waals surface area (Å²) in [5.41, 5.74) is 3.16. The van der Waals surface area contributed by atoms with Crippen molar-refractivity contribution in [3.8, 4) is 0 Å². The Bertz CT molecular complexity index is 569. The number of hydrogen-bond donors (Lipinski definition) is 0. The highest BCUT2D eigenvalue weighted by molar-refractivity contribution is 5.26. The van der Waals surface area contributed by atoms with E-state index < -0.39 is 0 Å².